The largest absolute Gasteiger partial charge is 0.456 e. The van der Waals surface area contributed by atoms with Crippen molar-refractivity contribution >= 4 is 65.2 Å². The zero-order valence-electron chi connectivity index (χ0n) is 42.0. The van der Waals surface area contributed by atoms with Crippen molar-refractivity contribution < 1.29 is 29.4 Å². The SMILES string of the molecule is [2H]c1c([2H])c([2H])c2c(-c3c4c([2H])c([2H])c([2H])c([2H])c4c(-c4ccc5c(c4)oc4ccc6c(-c7ccccc7)c(-c7ccccc7)oc6c45)c4c([2H])c([2H])c([2H])c([2H])c34)c([2H])c([2H])c([2H])c2c1[2H]. The van der Waals surface area contributed by atoms with Crippen molar-refractivity contribution in [2.45, 2.75) is 0 Å². The van der Waals surface area contributed by atoms with Crippen molar-refractivity contribution in [2.75, 3.05) is 0 Å². The Morgan fingerprint density at radius 1 is 0.385 bits per heavy atom. The Morgan fingerprint density at radius 2 is 0.981 bits per heavy atom. The maximum atomic E-state index is 9.45. The molecule has 11 rings (SSSR count). The Kier molecular flexibility index (Phi) is 3.88. The second-order valence-electron chi connectivity index (χ2n) is 12.4. The highest BCUT2D eigenvalue weighted by Crippen LogP contribution is 2.48. The number of fused-ring (bicyclic) bond motifs is 8. The Bertz CT molecular complexity index is 3940. The summed E-state index contributed by atoms with van der Waals surface area (Å²) in [5, 5.41) is 0.107. The van der Waals surface area contributed by atoms with E-state index in [2.05, 4.69) is 0 Å². The van der Waals surface area contributed by atoms with E-state index in [1.54, 1.807) is 18.2 Å². The molecule has 0 radical (unpaired) electrons. The third-order valence-corrected chi connectivity index (χ3v) is 9.62. The summed E-state index contributed by atoms with van der Waals surface area (Å²) in [7, 11) is 0. The lowest BCUT2D eigenvalue weighted by molar-refractivity contribution is 0.634. The average Bonchev–Trinajstić information content (AvgIpc) is 3.92. The topological polar surface area (TPSA) is 26.3 Å². The van der Waals surface area contributed by atoms with Gasteiger partial charge in [-0.2, -0.15) is 0 Å². The van der Waals surface area contributed by atoms with E-state index in [1.807, 2.05) is 72.8 Å². The van der Waals surface area contributed by atoms with E-state index in [-0.39, 0.29) is 38.2 Å². The van der Waals surface area contributed by atoms with Gasteiger partial charge in [0.25, 0.3) is 0 Å². The van der Waals surface area contributed by atoms with Crippen LogP contribution in [0, 0.1) is 0 Å². The van der Waals surface area contributed by atoms with Crippen molar-refractivity contribution in [3.8, 4) is 44.7 Å². The Hall–Kier alpha value is -6.90. The molecular formula is C50H30O2. The molecule has 0 bridgehead atoms. The van der Waals surface area contributed by atoms with Gasteiger partial charge in [0.05, 0.1) is 25.9 Å². The van der Waals surface area contributed by atoms with Gasteiger partial charge >= 0.3 is 0 Å². The molecule has 2 heterocycles. The van der Waals surface area contributed by atoms with E-state index in [9.17, 15) is 6.85 Å². The predicted octanol–water partition coefficient (Wildman–Crippen LogP) is 14.5. The predicted molar refractivity (Wildman–Crippen MR) is 218 cm³/mol. The van der Waals surface area contributed by atoms with Crippen LogP contribution < -0.4 is 0 Å². The molecule has 9 aromatic carbocycles. The molecule has 2 heteroatoms. The fraction of sp³-hybridized carbons (Fsp3) is 0. The Balaban J connectivity index is 1.31. The summed E-state index contributed by atoms with van der Waals surface area (Å²) in [6, 6.07) is 17.9. The van der Waals surface area contributed by atoms with Gasteiger partial charge in [-0.3, -0.25) is 0 Å². The minimum atomic E-state index is -0.771. The molecule has 0 aliphatic rings. The fourth-order valence-electron chi connectivity index (χ4n) is 7.42. The molecule has 0 fully saturated rings. The molecule has 0 amide bonds. The number of rotatable bonds is 4. The van der Waals surface area contributed by atoms with Crippen molar-refractivity contribution in [2.24, 2.45) is 0 Å². The average molecular weight is 678 g/mol. The standard InChI is InChI=1S/C50H30O2/c1-3-15-32(16-4-1)46-42-28-29-43-48(50(42)52-49(46)33-17-5-2-6-18-33)41-27-26-34(30-44(41)51-43)45-37-21-9-11-23-39(37)47(40-24-12-10-22-38(40)45)36-25-13-19-31-14-7-8-20-35(31)36/h1-30H/i7D,8D,9D,10D,11D,12D,13D,14D,19D,20D,21D,22D,23D,24D,25D. The molecule has 2 nitrogen and oxygen atoms in total. The van der Waals surface area contributed by atoms with Crippen LogP contribution in [-0.4, -0.2) is 0 Å². The monoisotopic (exact) mass is 677 g/mol. The van der Waals surface area contributed by atoms with Crippen LogP contribution in [0.1, 0.15) is 20.6 Å². The highest BCUT2D eigenvalue weighted by Gasteiger charge is 2.23. The minimum absolute atomic E-state index is 0.0306. The molecule has 0 saturated carbocycles. The van der Waals surface area contributed by atoms with Gasteiger partial charge in [-0.05, 0) is 84.4 Å². The molecule has 0 unspecified atom stereocenters. The third kappa shape index (κ3) is 4.25. The quantitative estimate of drug-likeness (QED) is 0.173. The number of hydrogen-bond donors (Lipinski definition) is 0. The van der Waals surface area contributed by atoms with Crippen molar-refractivity contribution in [1.82, 2.24) is 0 Å². The van der Waals surface area contributed by atoms with Crippen LogP contribution in [0.2, 0.25) is 0 Å². The Morgan fingerprint density at radius 3 is 1.69 bits per heavy atom. The highest BCUT2D eigenvalue weighted by atomic mass is 16.3. The summed E-state index contributed by atoms with van der Waals surface area (Å²) in [5.74, 6) is 0.649. The van der Waals surface area contributed by atoms with Crippen LogP contribution in [0.4, 0.5) is 0 Å². The van der Waals surface area contributed by atoms with Crippen LogP contribution in [0.15, 0.2) is 190 Å². The van der Waals surface area contributed by atoms with Gasteiger partial charge in [-0.25, -0.2) is 0 Å². The maximum absolute atomic E-state index is 9.45. The van der Waals surface area contributed by atoms with Crippen molar-refractivity contribution in [3.05, 3.63) is 182 Å². The van der Waals surface area contributed by atoms with E-state index in [1.165, 1.54) is 0 Å². The first-order chi connectivity index (χ1) is 32.0. The molecule has 0 atom stereocenters. The summed E-state index contributed by atoms with van der Waals surface area (Å²) >= 11 is 0. The van der Waals surface area contributed by atoms with Crippen LogP contribution in [0.5, 0.6) is 0 Å². The second-order valence-corrected chi connectivity index (χ2v) is 12.4. The molecule has 0 spiro atoms. The van der Waals surface area contributed by atoms with Gasteiger partial charge in [0, 0.05) is 21.9 Å². The molecular weight excluding hydrogens is 633 g/mol. The van der Waals surface area contributed by atoms with Gasteiger partial charge in [0.1, 0.15) is 22.5 Å². The van der Waals surface area contributed by atoms with Crippen LogP contribution in [-0.2, 0) is 0 Å². The minimum Gasteiger partial charge on any atom is -0.456 e. The van der Waals surface area contributed by atoms with E-state index in [0.717, 1.165) is 22.1 Å². The van der Waals surface area contributed by atoms with Gasteiger partial charge in [0.15, 0.2) is 0 Å². The molecule has 0 aliphatic heterocycles. The lowest BCUT2D eigenvalue weighted by atomic mass is 9.84. The normalized spacial score (nSPS) is 15.9. The maximum Gasteiger partial charge on any atom is 0.147 e. The summed E-state index contributed by atoms with van der Waals surface area (Å²) in [4.78, 5) is 0. The first kappa shape index (κ1) is 17.8. The lowest BCUT2D eigenvalue weighted by Crippen LogP contribution is -1.91. The zero-order chi connectivity index (χ0) is 47.2. The van der Waals surface area contributed by atoms with Gasteiger partial charge in [0.2, 0.25) is 0 Å². The summed E-state index contributed by atoms with van der Waals surface area (Å²) in [6.07, 6.45) is 0. The zero-order valence-corrected chi connectivity index (χ0v) is 27.0. The molecule has 242 valence electrons. The molecule has 2 aromatic heterocycles. The van der Waals surface area contributed by atoms with E-state index in [4.69, 9.17) is 22.5 Å². The van der Waals surface area contributed by atoms with Gasteiger partial charge in [-0.15, -0.1) is 0 Å². The van der Waals surface area contributed by atoms with E-state index >= 15 is 0 Å². The smallest absolute Gasteiger partial charge is 0.147 e. The van der Waals surface area contributed by atoms with Crippen LogP contribution in [0.3, 0.4) is 0 Å². The molecule has 0 saturated heterocycles. The molecule has 0 aliphatic carbocycles. The second kappa shape index (κ2) is 11.3. The third-order valence-electron chi connectivity index (χ3n) is 9.62. The first-order valence-electron chi connectivity index (χ1n) is 24.0. The molecule has 0 N–H and O–H groups in total. The molecule has 52 heavy (non-hydrogen) atoms. The number of furan rings is 2. The van der Waals surface area contributed by atoms with E-state index < -0.39 is 107 Å². The number of benzene rings is 9. The van der Waals surface area contributed by atoms with Crippen molar-refractivity contribution in [1.29, 1.82) is 0 Å². The lowest BCUT2D eigenvalue weighted by Gasteiger charge is -2.18. The van der Waals surface area contributed by atoms with Crippen LogP contribution >= 0.6 is 0 Å². The Labute approximate surface area is 320 Å². The summed E-state index contributed by atoms with van der Waals surface area (Å²) < 4.78 is 148. The van der Waals surface area contributed by atoms with Gasteiger partial charge < -0.3 is 8.83 Å². The molecule has 11 aromatic rings. The first-order valence-corrected chi connectivity index (χ1v) is 16.5. The summed E-state index contributed by atoms with van der Waals surface area (Å²) in [6.45, 7) is 0. The van der Waals surface area contributed by atoms with Crippen molar-refractivity contribution in [3.63, 3.8) is 0 Å². The summed E-state index contributed by atoms with van der Waals surface area (Å²) in [5.41, 5.74) is 3.36. The fourth-order valence-corrected chi connectivity index (χ4v) is 7.42. The van der Waals surface area contributed by atoms with E-state index in [0.29, 0.717) is 33.3 Å². The van der Waals surface area contributed by atoms with Crippen LogP contribution in [0.25, 0.3) is 110 Å². The highest BCUT2D eigenvalue weighted by molar-refractivity contribution is 6.25. The van der Waals surface area contributed by atoms with Gasteiger partial charge in [-0.1, -0.05) is 157 Å². The number of hydrogen-bond acceptors (Lipinski definition) is 2.